The average molecular weight is 948 g/mol. The maximum absolute atomic E-state index is 15.1. The van der Waals surface area contributed by atoms with Crippen molar-refractivity contribution in [3.05, 3.63) is 99.0 Å². The fourth-order valence-electron chi connectivity index (χ4n) is 10.7. The van der Waals surface area contributed by atoms with Gasteiger partial charge >= 0.3 is 0 Å². The number of morpholine rings is 1. The zero-order valence-corrected chi connectivity index (χ0v) is 39.9. The molecule has 5 saturated heterocycles. The Bertz CT molecular complexity index is 2530. The Kier molecular flexibility index (Phi) is 15.7. The number of carbonyl (C=O) groups excluding carboxylic acids is 4. The molecule has 18 heteroatoms. The molecule has 4 amide bonds. The highest BCUT2D eigenvalue weighted by Gasteiger charge is 2.32. The predicted molar refractivity (Wildman–Crippen MR) is 260 cm³/mol. The van der Waals surface area contributed by atoms with Crippen molar-refractivity contribution in [1.29, 1.82) is 0 Å². The molecule has 368 valence electrons. The van der Waals surface area contributed by atoms with E-state index >= 15 is 4.39 Å². The van der Waals surface area contributed by atoms with Crippen molar-refractivity contribution in [2.24, 2.45) is 5.92 Å². The molecule has 1 unspecified atom stereocenters. The molecular weight excluding hydrogens is 882 g/mol. The van der Waals surface area contributed by atoms with E-state index in [1.165, 1.54) is 6.07 Å². The Hall–Kier alpha value is -5.66. The number of ether oxygens (including phenoxy) is 1. The number of aromatic nitrogens is 3. The molecule has 1 atom stereocenters. The lowest BCUT2D eigenvalue weighted by molar-refractivity contribution is -0.134. The van der Waals surface area contributed by atoms with E-state index in [2.05, 4.69) is 42.0 Å². The highest BCUT2D eigenvalue weighted by atomic mass is 19.1. The molecule has 0 bridgehead atoms. The van der Waals surface area contributed by atoms with Crippen LogP contribution in [0.1, 0.15) is 76.2 Å². The highest BCUT2D eigenvalue weighted by Crippen LogP contribution is 2.31. The van der Waals surface area contributed by atoms with Crippen LogP contribution in [0.3, 0.4) is 0 Å². The quantitative estimate of drug-likeness (QED) is 0.201. The second-order valence-corrected chi connectivity index (χ2v) is 19.4. The molecule has 0 spiro atoms. The van der Waals surface area contributed by atoms with Crippen LogP contribution in [0.5, 0.6) is 0 Å². The number of likely N-dealkylation sites (tertiary alicyclic amines) is 2. The topological polar surface area (TPSA) is 171 Å². The Morgan fingerprint density at radius 2 is 1.45 bits per heavy atom. The summed E-state index contributed by atoms with van der Waals surface area (Å²) in [5, 5.41) is 11.1. The molecule has 2 aromatic carbocycles. The Labute approximate surface area is 402 Å². The first-order valence-electron chi connectivity index (χ1n) is 25.0. The Morgan fingerprint density at radius 3 is 2.20 bits per heavy atom. The van der Waals surface area contributed by atoms with Crippen molar-refractivity contribution in [2.45, 2.75) is 44.9 Å². The van der Waals surface area contributed by atoms with Crippen LogP contribution in [-0.2, 0) is 20.7 Å². The van der Waals surface area contributed by atoms with Crippen molar-refractivity contribution in [3.8, 4) is 0 Å². The fraction of sp³-hybridized carbons (Fsp3) is 0.549. The third-order valence-corrected chi connectivity index (χ3v) is 14.8. The molecule has 5 aliphatic rings. The van der Waals surface area contributed by atoms with Crippen LogP contribution in [0, 0.1) is 11.7 Å². The van der Waals surface area contributed by atoms with Crippen LogP contribution >= 0.6 is 0 Å². The van der Waals surface area contributed by atoms with Crippen LogP contribution in [0.2, 0.25) is 0 Å². The van der Waals surface area contributed by atoms with E-state index in [0.717, 1.165) is 83.6 Å². The maximum atomic E-state index is 15.1. The molecule has 0 radical (unpaired) electrons. The second kappa shape index (κ2) is 22.4. The summed E-state index contributed by atoms with van der Waals surface area (Å²) < 4.78 is 20.6. The number of aromatic amines is 1. The van der Waals surface area contributed by atoms with Gasteiger partial charge in [-0.05, 0) is 86.0 Å². The summed E-state index contributed by atoms with van der Waals surface area (Å²) in [5.74, 6) is -0.529. The number of carbonyl (C=O) groups is 4. The predicted octanol–water partition coefficient (Wildman–Crippen LogP) is 2.97. The summed E-state index contributed by atoms with van der Waals surface area (Å²) in [4.78, 5) is 86.0. The summed E-state index contributed by atoms with van der Waals surface area (Å²) in [6.07, 6.45) is 6.09. The van der Waals surface area contributed by atoms with E-state index in [9.17, 15) is 24.0 Å². The van der Waals surface area contributed by atoms with Gasteiger partial charge in [0.2, 0.25) is 11.8 Å². The molecule has 9 rings (SSSR count). The fourth-order valence-corrected chi connectivity index (χ4v) is 10.7. The number of amides is 4. The molecule has 0 saturated carbocycles. The Morgan fingerprint density at radius 1 is 0.754 bits per heavy atom. The first kappa shape index (κ1) is 48.4. The summed E-state index contributed by atoms with van der Waals surface area (Å²) in [6.45, 7) is 15.2. The number of halogens is 1. The van der Waals surface area contributed by atoms with E-state index in [1.54, 1.807) is 34.1 Å². The van der Waals surface area contributed by atoms with Gasteiger partial charge in [0.1, 0.15) is 5.82 Å². The first-order chi connectivity index (χ1) is 33.6. The number of anilines is 1. The van der Waals surface area contributed by atoms with E-state index in [4.69, 9.17) is 9.72 Å². The second-order valence-electron chi connectivity index (χ2n) is 19.4. The summed E-state index contributed by atoms with van der Waals surface area (Å²) >= 11 is 0. The van der Waals surface area contributed by atoms with Crippen LogP contribution < -0.4 is 10.9 Å². The lowest BCUT2D eigenvalue weighted by atomic mass is 9.91. The van der Waals surface area contributed by atoms with Crippen molar-refractivity contribution < 1.29 is 28.3 Å². The van der Waals surface area contributed by atoms with E-state index < -0.39 is 11.7 Å². The number of hydrogen-bond donors (Lipinski definition) is 2. The molecule has 5 aliphatic heterocycles. The summed E-state index contributed by atoms with van der Waals surface area (Å²) in [6, 6.07) is 13.6. The minimum atomic E-state index is -0.606. The lowest BCUT2D eigenvalue weighted by Gasteiger charge is -2.40. The number of H-pyrrole nitrogens is 1. The molecule has 2 aromatic heterocycles. The third-order valence-electron chi connectivity index (χ3n) is 14.8. The van der Waals surface area contributed by atoms with Crippen molar-refractivity contribution in [2.75, 3.05) is 136 Å². The number of likely N-dealkylation sites (N-methyl/N-ethyl adjacent to an activating group) is 1. The van der Waals surface area contributed by atoms with Gasteiger partial charge in [-0.2, -0.15) is 5.10 Å². The van der Waals surface area contributed by atoms with Gasteiger partial charge in [0.15, 0.2) is 5.69 Å². The lowest BCUT2D eigenvalue weighted by Crippen LogP contribution is -2.55. The van der Waals surface area contributed by atoms with Gasteiger partial charge in [0, 0.05) is 110 Å². The molecule has 4 aromatic rings. The molecular formula is C51H66FN11O6. The first-order valence-corrected chi connectivity index (χ1v) is 25.0. The largest absolute Gasteiger partial charge is 0.379 e. The van der Waals surface area contributed by atoms with Crippen molar-refractivity contribution >= 4 is 40.1 Å². The van der Waals surface area contributed by atoms with Gasteiger partial charge in [-0.1, -0.05) is 31.2 Å². The zero-order valence-electron chi connectivity index (χ0n) is 39.9. The standard InChI is InChI=1S/C51H66FN11O6/c1-2-57-13-5-6-38(33-57)39-30-45(54-46(64)34-60-24-26-69-27-25-60)48(53-31-39)51(68)62-14-11-36(12-15-62)32-58-16-18-59(19-17-58)35-47(65)61-20-22-63(23-21-61)50(67)42-28-37(9-10-43(42)52)29-44-40-7-3-4-8-41(40)49(66)56-55-44/h3-4,7-10,28,30-31,36,38H,2,5-6,11-27,29,32-35H2,1H3,(H,54,64)(H,56,66). The zero-order chi connectivity index (χ0) is 47.9. The number of hydrogen-bond acceptors (Lipinski definition) is 12. The number of piperidine rings is 2. The van der Waals surface area contributed by atoms with Crippen LogP contribution in [0.25, 0.3) is 10.8 Å². The van der Waals surface area contributed by atoms with Gasteiger partial charge in [0.25, 0.3) is 17.4 Å². The van der Waals surface area contributed by atoms with Gasteiger partial charge in [-0.25, -0.2) is 14.5 Å². The number of rotatable bonds is 13. The molecule has 2 N–H and O–H groups in total. The van der Waals surface area contributed by atoms with Gasteiger partial charge in [-0.15, -0.1) is 0 Å². The van der Waals surface area contributed by atoms with Crippen LogP contribution in [0.15, 0.2) is 59.5 Å². The van der Waals surface area contributed by atoms with Crippen LogP contribution in [0.4, 0.5) is 10.1 Å². The smallest absolute Gasteiger partial charge is 0.274 e. The van der Waals surface area contributed by atoms with Gasteiger partial charge in [0.05, 0.1) is 48.6 Å². The molecule has 5 fully saturated rings. The minimum absolute atomic E-state index is 0.0229. The Balaban J connectivity index is 0.716. The average Bonchev–Trinajstić information content (AvgIpc) is 3.38. The normalized spacial score (nSPS) is 20.6. The van der Waals surface area contributed by atoms with E-state index in [-0.39, 0.29) is 35.4 Å². The number of nitrogens with one attached hydrogen (secondary N) is 2. The van der Waals surface area contributed by atoms with E-state index in [0.29, 0.717) is 124 Å². The number of piperazine rings is 2. The van der Waals surface area contributed by atoms with Gasteiger partial charge < -0.3 is 34.6 Å². The summed E-state index contributed by atoms with van der Waals surface area (Å²) in [7, 11) is 0. The molecule has 7 heterocycles. The molecule has 0 aliphatic carbocycles. The third kappa shape index (κ3) is 11.9. The molecule has 69 heavy (non-hydrogen) atoms. The van der Waals surface area contributed by atoms with Gasteiger partial charge in [-0.3, -0.25) is 33.8 Å². The monoisotopic (exact) mass is 948 g/mol. The van der Waals surface area contributed by atoms with Crippen molar-refractivity contribution in [1.82, 2.24) is 49.5 Å². The van der Waals surface area contributed by atoms with E-state index in [1.807, 2.05) is 29.3 Å². The SMILES string of the molecule is CCN1CCCC(c2cnc(C(=O)N3CCC(CN4CCN(CC(=O)N5CCN(C(=O)c6cc(Cc7n[nH]c(=O)c8ccccc78)ccc6F)CC5)CC4)CC3)c(NC(=O)CN3CCOCC3)c2)C1. The molecule has 17 nitrogen and oxygen atoms in total. The maximum Gasteiger partial charge on any atom is 0.274 e. The minimum Gasteiger partial charge on any atom is -0.379 e. The van der Waals surface area contributed by atoms with Crippen molar-refractivity contribution in [3.63, 3.8) is 0 Å². The number of benzene rings is 2. The highest BCUT2D eigenvalue weighted by molar-refractivity contribution is 6.03. The number of pyridine rings is 1. The van der Waals surface area contributed by atoms with Crippen LogP contribution in [-0.4, -0.2) is 204 Å². The number of fused-ring (bicyclic) bond motifs is 1. The summed E-state index contributed by atoms with van der Waals surface area (Å²) in [5.41, 5.74) is 2.89. The number of nitrogens with zero attached hydrogens (tertiary/aromatic N) is 9.